The summed E-state index contributed by atoms with van der Waals surface area (Å²) in [6.45, 7) is 4.00. The normalized spacial score (nSPS) is 16.9. The molecule has 0 aromatic heterocycles. The number of ketones is 1. The molecule has 4 rings (SSSR count). The molecule has 1 fully saturated rings. The van der Waals surface area contributed by atoms with E-state index in [9.17, 15) is 9.59 Å². The highest BCUT2D eigenvalue weighted by Crippen LogP contribution is 2.41. The van der Waals surface area contributed by atoms with Crippen molar-refractivity contribution in [1.29, 1.82) is 0 Å². The van der Waals surface area contributed by atoms with E-state index in [1.165, 1.54) is 11.8 Å². The summed E-state index contributed by atoms with van der Waals surface area (Å²) in [5.74, 6) is 1.15. The summed E-state index contributed by atoms with van der Waals surface area (Å²) < 4.78 is 11.5. The Morgan fingerprint density at radius 1 is 1.10 bits per heavy atom. The van der Waals surface area contributed by atoms with E-state index in [4.69, 9.17) is 9.47 Å². The molecule has 2 aromatic rings. The van der Waals surface area contributed by atoms with Gasteiger partial charge < -0.3 is 14.4 Å². The van der Waals surface area contributed by atoms with E-state index in [2.05, 4.69) is 0 Å². The highest BCUT2D eigenvalue weighted by Gasteiger charge is 2.25. The lowest BCUT2D eigenvalue weighted by molar-refractivity contribution is -0.132. The Labute approximate surface area is 174 Å². The topological polar surface area (TPSA) is 55.8 Å². The fraction of sp³-hybridized carbons (Fsp3) is 0.304. The predicted octanol–water partition coefficient (Wildman–Crippen LogP) is 4.42. The summed E-state index contributed by atoms with van der Waals surface area (Å²) in [6.07, 6.45) is 3.98. The van der Waals surface area contributed by atoms with Crippen LogP contribution in [0.4, 0.5) is 0 Å². The van der Waals surface area contributed by atoms with Gasteiger partial charge in [0.15, 0.2) is 18.1 Å². The van der Waals surface area contributed by atoms with Crippen LogP contribution in [0.3, 0.4) is 0 Å². The van der Waals surface area contributed by atoms with Crippen molar-refractivity contribution in [2.24, 2.45) is 0 Å². The van der Waals surface area contributed by atoms with Crippen LogP contribution in [0.1, 0.15) is 35.7 Å². The predicted molar refractivity (Wildman–Crippen MR) is 114 cm³/mol. The fourth-order valence-corrected chi connectivity index (χ4v) is 4.54. The monoisotopic (exact) mass is 409 g/mol. The maximum atomic E-state index is 12.6. The number of carbonyl (C=O) groups excluding carboxylic acids is 2. The average Bonchev–Trinajstić information content (AvgIpc) is 3.37. The second kappa shape index (κ2) is 8.74. The Morgan fingerprint density at radius 3 is 2.66 bits per heavy atom. The van der Waals surface area contributed by atoms with Crippen LogP contribution in [0.5, 0.6) is 11.5 Å². The minimum atomic E-state index is 0.00172. The van der Waals surface area contributed by atoms with Crippen molar-refractivity contribution in [1.82, 2.24) is 4.90 Å². The van der Waals surface area contributed by atoms with Gasteiger partial charge in [-0.25, -0.2) is 0 Å². The molecule has 2 aliphatic heterocycles. The van der Waals surface area contributed by atoms with Gasteiger partial charge in [-0.2, -0.15) is 0 Å². The lowest BCUT2D eigenvalue weighted by atomic mass is 10.1. The lowest BCUT2D eigenvalue weighted by Crippen LogP contribution is -2.32. The molecule has 1 saturated heterocycles. The van der Waals surface area contributed by atoms with Gasteiger partial charge in [0.25, 0.3) is 5.91 Å². The zero-order valence-corrected chi connectivity index (χ0v) is 17.2. The summed E-state index contributed by atoms with van der Waals surface area (Å²) in [6, 6.07) is 13.1. The van der Waals surface area contributed by atoms with E-state index < -0.39 is 0 Å². The number of ether oxygens (including phenoxy) is 2. The SMILES string of the molecule is CCOc1cc(/C=C2/Sc3ccccc3C2=O)ccc1OCC(=O)N1CCCC1. The third kappa shape index (κ3) is 4.32. The number of carbonyl (C=O) groups is 2. The molecule has 0 atom stereocenters. The number of Topliss-reactive ketones (excluding diaryl/α,β-unsaturated/α-hetero) is 1. The summed E-state index contributed by atoms with van der Waals surface area (Å²) in [4.78, 5) is 28.3. The molecule has 0 aliphatic carbocycles. The van der Waals surface area contributed by atoms with Crippen molar-refractivity contribution in [2.75, 3.05) is 26.3 Å². The second-order valence-corrected chi connectivity index (χ2v) is 8.04. The second-order valence-electron chi connectivity index (χ2n) is 6.95. The van der Waals surface area contributed by atoms with Crippen molar-refractivity contribution >= 4 is 29.5 Å². The van der Waals surface area contributed by atoms with Gasteiger partial charge in [0.05, 0.1) is 11.5 Å². The molecule has 0 bridgehead atoms. The van der Waals surface area contributed by atoms with Crippen LogP contribution in [-0.2, 0) is 4.79 Å². The smallest absolute Gasteiger partial charge is 0.260 e. The van der Waals surface area contributed by atoms with Gasteiger partial charge in [-0.05, 0) is 55.7 Å². The fourth-order valence-electron chi connectivity index (χ4n) is 3.49. The largest absolute Gasteiger partial charge is 0.490 e. The number of hydrogen-bond acceptors (Lipinski definition) is 5. The number of thioether (sulfide) groups is 1. The summed E-state index contributed by atoms with van der Waals surface area (Å²) in [5.41, 5.74) is 1.60. The first-order chi connectivity index (χ1) is 14.2. The minimum absolute atomic E-state index is 0.00172. The first kappa shape index (κ1) is 19.6. The Morgan fingerprint density at radius 2 is 1.90 bits per heavy atom. The summed E-state index contributed by atoms with van der Waals surface area (Å²) in [5, 5.41) is 0. The molecule has 5 nitrogen and oxygen atoms in total. The van der Waals surface area contributed by atoms with Gasteiger partial charge in [-0.15, -0.1) is 0 Å². The molecule has 0 radical (unpaired) electrons. The first-order valence-corrected chi connectivity index (χ1v) is 10.7. The molecular weight excluding hydrogens is 386 g/mol. The van der Waals surface area contributed by atoms with Crippen LogP contribution in [0.15, 0.2) is 52.3 Å². The molecule has 1 amide bonds. The highest BCUT2D eigenvalue weighted by atomic mass is 32.2. The molecule has 2 aliphatic rings. The zero-order chi connectivity index (χ0) is 20.2. The molecule has 2 heterocycles. The molecule has 0 spiro atoms. The summed E-state index contributed by atoms with van der Waals surface area (Å²) in [7, 11) is 0. The number of allylic oxidation sites excluding steroid dienone is 1. The Balaban J connectivity index is 1.50. The van der Waals surface area contributed by atoms with Crippen LogP contribution < -0.4 is 9.47 Å². The lowest BCUT2D eigenvalue weighted by Gasteiger charge is -2.17. The number of amides is 1. The minimum Gasteiger partial charge on any atom is -0.490 e. The molecule has 0 saturated carbocycles. The van der Waals surface area contributed by atoms with Crippen molar-refractivity contribution in [3.63, 3.8) is 0 Å². The third-order valence-corrected chi connectivity index (χ3v) is 6.05. The number of benzene rings is 2. The molecule has 29 heavy (non-hydrogen) atoms. The maximum Gasteiger partial charge on any atom is 0.260 e. The Kier molecular flexibility index (Phi) is 5.90. The molecular formula is C23H23NO4S. The van der Waals surface area contributed by atoms with Crippen molar-refractivity contribution < 1.29 is 19.1 Å². The number of fused-ring (bicyclic) bond motifs is 1. The van der Waals surface area contributed by atoms with Crippen LogP contribution in [0.2, 0.25) is 0 Å². The van der Waals surface area contributed by atoms with E-state index in [1.54, 1.807) is 6.07 Å². The van der Waals surface area contributed by atoms with E-state index >= 15 is 0 Å². The van der Waals surface area contributed by atoms with Crippen LogP contribution in [-0.4, -0.2) is 42.9 Å². The van der Waals surface area contributed by atoms with Crippen LogP contribution in [0.25, 0.3) is 6.08 Å². The van der Waals surface area contributed by atoms with Crippen molar-refractivity contribution in [3.8, 4) is 11.5 Å². The molecule has 0 N–H and O–H groups in total. The first-order valence-electron chi connectivity index (χ1n) is 9.86. The van der Waals surface area contributed by atoms with E-state index in [0.29, 0.717) is 23.0 Å². The van der Waals surface area contributed by atoms with Gasteiger partial charge in [0.1, 0.15) is 0 Å². The van der Waals surface area contributed by atoms with Gasteiger partial charge in [0, 0.05) is 23.5 Å². The highest BCUT2D eigenvalue weighted by molar-refractivity contribution is 8.04. The Hall–Kier alpha value is -2.73. The van der Waals surface area contributed by atoms with Crippen molar-refractivity contribution in [2.45, 2.75) is 24.7 Å². The van der Waals surface area contributed by atoms with Gasteiger partial charge in [-0.1, -0.05) is 30.0 Å². The number of nitrogens with zero attached hydrogens (tertiary/aromatic N) is 1. The van der Waals surface area contributed by atoms with E-state index in [-0.39, 0.29) is 18.3 Å². The standard InChI is InChI=1S/C23H23NO4S/c1-2-27-19-13-16(14-21-23(26)17-7-3-4-8-20(17)29-21)9-10-18(19)28-15-22(25)24-11-5-6-12-24/h3-4,7-10,13-14H,2,5-6,11-12,15H2,1H3/b21-14+. The zero-order valence-electron chi connectivity index (χ0n) is 16.3. The third-order valence-electron chi connectivity index (χ3n) is 4.95. The maximum absolute atomic E-state index is 12.6. The van der Waals surface area contributed by atoms with Crippen molar-refractivity contribution in [3.05, 3.63) is 58.5 Å². The number of rotatable bonds is 6. The average molecular weight is 410 g/mol. The van der Waals surface area contributed by atoms with Crippen LogP contribution in [0, 0.1) is 0 Å². The van der Waals surface area contributed by atoms with E-state index in [1.807, 2.05) is 54.3 Å². The van der Waals surface area contributed by atoms with Crippen LogP contribution >= 0.6 is 11.8 Å². The molecule has 6 heteroatoms. The number of likely N-dealkylation sites (tertiary alicyclic amines) is 1. The van der Waals surface area contributed by atoms with Gasteiger partial charge >= 0.3 is 0 Å². The van der Waals surface area contributed by atoms with Gasteiger partial charge in [0.2, 0.25) is 5.78 Å². The molecule has 2 aromatic carbocycles. The Bertz CT molecular complexity index is 963. The molecule has 150 valence electrons. The quantitative estimate of drug-likeness (QED) is 0.661. The summed E-state index contributed by atoms with van der Waals surface area (Å²) >= 11 is 1.48. The molecule has 0 unspecified atom stereocenters. The van der Waals surface area contributed by atoms with Gasteiger partial charge in [-0.3, -0.25) is 9.59 Å². The van der Waals surface area contributed by atoms with E-state index in [0.717, 1.165) is 42.0 Å². The number of hydrogen-bond donors (Lipinski definition) is 0.